The molecule has 0 saturated heterocycles. The molecule has 1 saturated carbocycles. The number of nitrogens with one attached hydrogen (secondary N) is 1. The molecule has 27 heavy (non-hydrogen) atoms. The minimum atomic E-state index is -0.0347. The number of pyridine rings is 2. The fourth-order valence-electron chi connectivity index (χ4n) is 3.63. The molecule has 0 radical (unpaired) electrons. The van der Waals surface area contributed by atoms with Crippen molar-refractivity contribution >= 4 is 0 Å². The first-order valence-electron chi connectivity index (χ1n) is 9.43. The largest absolute Gasteiger partial charge is 0.308 e. The maximum atomic E-state index is 12.4. The van der Waals surface area contributed by atoms with Crippen LogP contribution in [0.25, 0.3) is 11.3 Å². The van der Waals surface area contributed by atoms with E-state index in [0.717, 1.165) is 49.2 Å². The molecule has 1 aliphatic rings. The molecular weight excluding hydrogens is 338 g/mol. The third kappa shape index (κ3) is 4.28. The van der Waals surface area contributed by atoms with Crippen LogP contribution in [-0.4, -0.2) is 25.8 Å². The second-order valence-corrected chi connectivity index (χ2v) is 6.95. The molecule has 4 rings (SSSR count). The lowest BCUT2D eigenvalue weighted by atomic mass is 9.91. The molecular formula is C21H23N5O. The molecule has 6 nitrogen and oxygen atoms in total. The Morgan fingerprint density at radius 3 is 2.63 bits per heavy atom. The number of rotatable bonds is 5. The van der Waals surface area contributed by atoms with Crippen molar-refractivity contribution < 1.29 is 0 Å². The van der Waals surface area contributed by atoms with Gasteiger partial charge in [-0.3, -0.25) is 14.8 Å². The van der Waals surface area contributed by atoms with Gasteiger partial charge in [0.2, 0.25) is 0 Å². The molecule has 138 valence electrons. The van der Waals surface area contributed by atoms with Crippen LogP contribution in [-0.2, 0) is 6.54 Å². The molecule has 0 aliphatic heterocycles. The van der Waals surface area contributed by atoms with E-state index in [9.17, 15) is 4.79 Å². The lowest BCUT2D eigenvalue weighted by Crippen LogP contribution is -2.36. The Bertz CT molecular complexity index is 918. The summed E-state index contributed by atoms with van der Waals surface area (Å²) < 4.78 is 1.66. The molecule has 3 heterocycles. The van der Waals surface area contributed by atoms with Crippen LogP contribution in [0.2, 0.25) is 0 Å². The SMILES string of the molecule is O=c1ccc(-c2cccnc2)nn1C1CCC(NCc2ccccn2)CC1. The van der Waals surface area contributed by atoms with Crippen molar-refractivity contribution in [3.8, 4) is 11.3 Å². The predicted molar refractivity (Wildman–Crippen MR) is 104 cm³/mol. The van der Waals surface area contributed by atoms with E-state index in [1.54, 1.807) is 29.2 Å². The number of hydrogen-bond donors (Lipinski definition) is 1. The van der Waals surface area contributed by atoms with Crippen molar-refractivity contribution in [2.45, 2.75) is 44.3 Å². The van der Waals surface area contributed by atoms with E-state index in [4.69, 9.17) is 0 Å². The van der Waals surface area contributed by atoms with Crippen molar-refractivity contribution in [2.24, 2.45) is 0 Å². The molecule has 0 bridgehead atoms. The van der Waals surface area contributed by atoms with Crippen LogP contribution in [0.4, 0.5) is 0 Å². The van der Waals surface area contributed by atoms with Gasteiger partial charge in [-0.1, -0.05) is 6.07 Å². The van der Waals surface area contributed by atoms with E-state index in [2.05, 4.69) is 20.4 Å². The first kappa shape index (κ1) is 17.5. The Morgan fingerprint density at radius 2 is 1.89 bits per heavy atom. The Kier molecular flexibility index (Phi) is 5.34. The summed E-state index contributed by atoms with van der Waals surface area (Å²) >= 11 is 0. The zero-order valence-electron chi connectivity index (χ0n) is 15.2. The Balaban J connectivity index is 1.40. The molecule has 0 aromatic carbocycles. The third-order valence-corrected chi connectivity index (χ3v) is 5.12. The van der Waals surface area contributed by atoms with Gasteiger partial charge in [0.05, 0.1) is 17.4 Å². The zero-order chi connectivity index (χ0) is 18.5. The predicted octanol–water partition coefficient (Wildman–Crippen LogP) is 2.97. The normalized spacial score (nSPS) is 19.7. The summed E-state index contributed by atoms with van der Waals surface area (Å²) in [4.78, 5) is 20.8. The quantitative estimate of drug-likeness (QED) is 0.756. The summed E-state index contributed by atoms with van der Waals surface area (Å²) in [6.07, 6.45) is 9.29. The van der Waals surface area contributed by atoms with Gasteiger partial charge in [-0.15, -0.1) is 0 Å². The molecule has 0 unspecified atom stereocenters. The van der Waals surface area contributed by atoms with E-state index in [-0.39, 0.29) is 11.6 Å². The van der Waals surface area contributed by atoms with E-state index < -0.39 is 0 Å². The van der Waals surface area contributed by atoms with Crippen LogP contribution in [0, 0.1) is 0 Å². The van der Waals surface area contributed by atoms with Crippen LogP contribution in [0.1, 0.15) is 37.4 Å². The van der Waals surface area contributed by atoms with E-state index >= 15 is 0 Å². The van der Waals surface area contributed by atoms with E-state index in [1.807, 2.05) is 36.5 Å². The number of nitrogens with zero attached hydrogens (tertiary/aromatic N) is 4. The van der Waals surface area contributed by atoms with Crippen molar-refractivity contribution in [3.63, 3.8) is 0 Å². The molecule has 1 fully saturated rings. The van der Waals surface area contributed by atoms with Crippen molar-refractivity contribution in [1.29, 1.82) is 0 Å². The number of aromatic nitrogens is 4. The Hall–Kier alpha value is -2.86. The first-order valence-corrected chi connectivity index (χ1v) is 9.43. The topological polar surface area (TPSA) is 72.7 Å². The fourth-order valence-corrected chi connectivity index (χ4v) is 3.63. The van der Waals surface area contributed by atoms with Gasteiger partial charge in [0.15, 0.2) is 0 Å². The van der Waals surface area contributed by atoms with Gasteiger partial charge in [0, 0.05) is 42.8 Å². The maximum absolute atomic E-state index is 12.4. The lowest BCUT2D eigenvalue weighted by molar-refractivity contribution is 0.269. The highest BCUT2D eigenvalue weighted by atomic mass is 16.1. The van der Waals surface area contributed by atoms with Crippen LogP contribution in [0.5, 0.6) is 0 Å². The standard InChI is InChI=1S/C21H23N5O/c27-21-11-10-20(16-4-3-12-22-14-16)25-26(21)19-8-6-17(7-9-19)24-15-18-5-1-2-13-23-18/h1-5,10-14,17,19,24H,6-9,15H2. The average molecular weight is 361 g/mol. The number of hydrogen-bond acceptors (Lipinski definition) is 5. The molecule has 3 aromatic rings. The fraction of sp³-hybridized carbons (Fsp3) is 0.333. The van der Waals surface area contributed by atoms with Crippen LogP contribution < -0.4 is 10.9 Å². The van der Waals surface area contributed by atoms with Gasteiger partial charge < -0.3 is 5.32 Å². The van der Waals surface area contributed by atoms with Gasteiger partial charge in [-0.2, -0.15) is 5.10 Å². The highest BCUT2D eigenvalue weighted by molar-refractivity contribution is 5.56. The highest BCUT2D eigenvalue weighted by Crippen LogP contribution is 2.27. The second-order valence-electron chi connectivity index (χ2n) is 6.95. The maximum Gasteiger partial charge on any atom is 0.267 e. The molecule has 0 spiro atoms. The molecule has 3 aromatic heterocycles. The molecule has 1 N–H and O–H groups in total. The molecule has 0 amide bonds. The lowest BCUT2D eigenvalue weighted by Gasteiger charge is -2.29. The summed E-state index contributed by atoms with van der Waals surface area (Å²) in [7, 11) is 0. The minimum absolute atomic E-state index is 0.0347. The molecule has 6 heteroatoms. The first-order chi connectivity index (χ1) is 13.3. The van der Waals surface area contributed by atoms with E-state index in [1.165, 1.54) is 0 Å². The highest BCUT2D eigenvalue weighted by Gasteiger charge is 2.23. The average Bonchev–Trinajstić information content (AvgIpc) is 2.74. The van der Waals surface area contributed by atoms with Gasteiger partial charge >= 0.3 is 0 Å². The summed E-state index contributed by atoms with van der Waals surface area (Å²) in [6, 6.07) is 13.8. The van der Waals surface area contributed by atoms with Crippen LogP contribution in [0.3, 0.4) is 0 Å². The van der Waals surface area contributed by atoms with E-state index in [0.29, 0.717) is 6.04 Å². The Morgan fingerprint density at radius 1 is 1.00 bits per heavy atom. The molecule has 0 atom stereocenters. The van der Waals surface area contributed by atoms with Crippen LogP contribution in [0.15, 0.2) is 65.8 Å². The van der Waals surface area contributed by atoms with Crippen molar-refractivity contribution in [2.75, 3.05) is 0 Å². The van der Waals surface area contributed by atoms with Gasteiger partial charge in [-0.05, 0) is 56.0 Å². The van der Waals surface area contributed by atoms with Crippen molar-refractivity contribution in [3.05, 3.63) is 77.1 Å². The summed E-state index contributed by atoms with van der Waals surface area (Å²) in [6.45, 7) is 0.783. The Labute approximate surface area is 158 Å². The van der Waals surface area contributed by atoms with Gasteiger partial charge in [0.1, 0.15) is 0 Å². The van der Waals surface area contributed by atoms with Gasteiger partial charge in [0.25, 0.3) is 5.56 Å². The second kappa shape index (κ2) is 8.22. The summed E-state index contributed by atoms with van der Waals surface area (Å²) in [5.74, 6) is 0. The molecule has 1 aliphatic carbocycles. The summed E-state index contributed by atoms with van der Waals surface area (Å²) in [5, 5.41) is 8.20. The third-order valence-electron chi connectivity index (χ3n) is 5.12. The van der Waals surface area contributed by atoms with Gasteiger partial charge in [-0.25, -0.2) is 4.68 Å². The monoisotopic (exact) mass is 361 g/mol. The van der Waals surface area contributed by atoms with Crippen molar-refractivity contribution in [1.82, 2.24) is 25.1 Å². The van der Waals surface area contributed by atoms with Crippen LogP contribution >= 0.6 is 0 Å². The summed E-state index contributed by atoms with van der Waals surface area (Å²) in [5.41, 5.74) is 2.74. The zero-order valence-corrected chi connectivity index (χ0v) is 15.2. The minimum Gasteiger partial charge on any atom is -0.308 e. The smallest absolute Gasteiger partial charge is 0.267 e.